The molecule has 0 bridgehead atoms. The Kier molecular flexibility index (Phi) is 6.86. The molecule has 8 nitrogen and oxygen atoms in total. The fourth-order valence-electron chi connectivity index (χ4n) is 3.49. The minimum absolute atomic E-state index is 0.0428. The maximum absolute atomic E-state index is 13.7. The summed E-state index contributed by atoms with van der Waals surface area (Å²) in [6.45, 7) is 3.03. The number of carbonyl (C=O) groups is 2. The number of para-hydroxylation sites is 2. The van der Waals surface area contributed by atoms with Gasteiger partial charge in [0.25, 0.3) is 5.91 Å². The van der Waals surface area contributed by atoms with E-state index in [1.54, 1.807) is 37.4 Å². The van der Waals surface area contributed by atoms with E-state index in [0.717, 1.165) is 0 Å². The summed E-state index contributed by atoms with van der Waals surface area (Å²) in [5.41, 5.74) is 2.67. The van der Waals surface area contributed by atoms with Crippen LogP contribution in [-0.4, -0.2) is 24.0 Å². The summed E-state index contributed by atoms with van der Waals surface area (Å²) in [5, 5.41) is 3.24. The average molecular weight is 476 g/mol. The number of fused-ring (bicyclic) bond motifs is 1. The van der Waals surface area contributed by atoms with Gasteiger partial charge in [0.1, 0.15) is 12.4 Å². The van der Waals surface area contributed by atoms with Crippen molar-refractivity contribution in [2.75, 3.05) is 12.4 Å². The summed E-state index contributed by atoms with van der Waals surface area (Å²) >= 11 is 0. The molecule has 2 N–H and O–H groups in total. The molecule has 0 spiro atoms. The molecule has 2 aromatic heterocycles. The Labute approximate surface area is 200 Å². The first-order valence-corrected chi connectivity index (χ1v) is 10.7. The number of aromatic nitrogens is 1. The summed E-state index contributed by atoms with van der Waals surface area (Å²) in [5.74, 6) is -0.928. The standard InChI is InChI=1S/C26H22FN3O5/c1-15-24-20(17(13-28-15)14-34-16(2)31)12-21(25(32)29-19-8-6-7-18(27)11-19)26(35-24)30-22-9-4-5-10-23(22)33-3/h4-13H,14H2,1-3H3,(H,29,32)/p+1. The van der Waals surface area contributed by atoms with Gasteiger partial charge in [-0.25, -0.2) is 4.39 Å². The highest BCUT2D eigenvalue weighted by atomic mass is 19.1. The van der Waals surface area contributed by atoms with Crippen LogP contribution in [0.25, 0.3) is 11.0 Å². The average Bonchev–Trinajstić information content (AvgIpc) is 2.84. The zero-order valence-corrected chi connectivity index (χ0v) is 19.3. The first-order chi connectivity index (χ1) is 16.9. The van der Waals surface area contributed by atoms with E-state index in [1.807, 2.05) is 12.1 Å². The van der Waals surface area contributed by atoms with Gasteiger partial charge in [0.2, 0.25) is 5.69 Å². The maximum atomic E-state index is 13.7. The van der Waals surface area contributed by atoms with Gasteiger partial charge in [0, 0.05) is 35.8 Å². The minimum atomic E-state index is -0.536. The van der Waals surface area contributed by atoms with Gasteiger partial charge in [-0.3, -0.25) is 14.6 Å². The molecule has 2 heterocycles. The second kappa shape index (κ2) is 10.2. The Morgan fingerprint density at radius 1 is 1.14 bits per heavy atom. The number of anilines is 1. The highest BCUT2D eigenvalue weighted by Gasteiger charge is 2.21. The number of pyridine rings is 1. The molecule has 0 radical (unpaired) electrons. The van der Waals surface area contributed by atoms with Crippen LogP contribution < -0.4 is 20.6 Å². The summed E-state index contributed by atoms with van der Waals surface area (Å²) < 4.78 is 30.4. The van der Waals surface area contributed by atoms with Crippen molar-refractivity contribution in [3.63, 3.8) is 0 Å². The lowest BCUT2D eigenvalue weighted by molar-refractivity contribution is -0.418. The second-order valence-electron chi connectivity index (χ2n) is 7.67. The third-order valence-corrected chi connectivity index (χ3v) is 5.18. The molecular formula is C26H23FN3O5+. The van der Waals surface area contributed by atoms with Gasteiger partial charge in [-0.2, -0.15) is 4.99 Å². The molecule has 0 fully saturated rings. The molecule has 2 aromatic carbocycles. The van der Waals surface area contributed by atoms with Crippen molar-refractivity contribution >= 4 is 34.2 Å². The van der Waals surface area contributed by atoms with Gasteiger partial charge in [-0.05, 0) is 37.3 Å². The number of nitrogens with one attached hydrogen (secondary N) is 2. The lowest BCUT2D eigenvalue weighted by atomic mass is 10.1. The number of esters is 1. The zero-order chi connectivity index (χ0) is 24.9. The van der Waals surface area contributed by atoms with Crippen LogP contribution in [0.1, 0.15) is 28.5 Å². The molecule has 9 heteroatoms. The second-order valence-corrected chi connectivity index (χ2v) is 7.67. The van der Waals surface area contributed by atoms with Gasteiger partial charge in [-0.15, -0.1) is 0 Å². The number of ether oxygens (including phenoxy) is 2. The molecule has 4 aromatic rings. The smallest absolute Gasteiger partial charge is 0.385 e. The van der Waals surface area contributed by atoms with Crippen LogP contribution in [-0.2, 0) is 16.1 Å². The number of methoxy groups -OCH3 is 1. The normalized spacial score (nSPS) is 11.4. The van der Waals surface area contributed by atoms with Gasteiger partial charge in [0.05, 0.1) is 12.8 Å². The van der Waals surface area contributed by atoms with Gasteiger partial charge >= 0.3 is 11.5 Å². The molecule has 0 saturated carbocycles. The first kappa shape index (κ1) is 23.6. The van der Waals surface area contributed by atoms with Crippen LogP contribution in [0.3, 0.4) is 0 Å². The molecule has 4 rings (SSSR count). The molecule has 0 saturated heterocycles. The lowest BCUT2D eigenvalue weighted by Gasteiger charge is -2.09. The molecule has 0 aliphatic carbocycles. The molecular weight excluding hydrogens is 453 g/mol. The number of rotatable bonds is 6. The highest BCUT2D eigenvalue weighted by molar-refractivity contribution is 6.05. The van der Waals surface area contributed by atoms with Crippen LogP contribution in [0.5, 0.6) is 5.75 Å². The Morgan fingerprint density at radius 2 is 1.94 bits per heavy atom. The molecule has 0 atom stereocenters. The summed E-state index contributed by atoms with van der Waals surface area (Å²) in [6, 6.07) is 14.4. The number of carbonyl (C=O) groups excluding carboxylic acids is 2. The summed E-state index contributed by atoms with van der Waals surface area (Å²) in [4.78, 5) is 32.2. The van der Waals surface area contributed by atoms with E-state index >= 15 is 0 Å². The molecule has 1 amide bonds. The first-order valence-electron chi connectivity index (χ1n) is 10.7. The summed E-state index contributed by atoms with van der Waals surface area (Å²) in [7, 11) is 1.53. The van der Waals surface area contributed by atoms with Crippen molar-refractivity contribution in [1.82, 2.24) is 4.98 Å². The van der Waals surface area contributed by atoms with Crippen molar-refractivity contribution in [3.05, 3.63) is 89.0 Å². The Hall–Kier alpha value is -4.53. The zero-order valence-electron chi connectivity index (χ0n) is 19.3. The van der Waals surface area contributed by atoms with Gasteiger partial charge in [-0.1, -0.05) is 18.2 Å². The van der Waals surface area contributed by atoms with E-state index < -0.39 is 17.7 Å². The van der Waals surface area contributed by atoms with Crippen LogP contribution in [0, 0.1) is 12.7 Å². The molecule has 0 unspecified atom stereocenters. The number of nitrogens with zero attached hydrogens (tertiary/aromatic N) is 1. The van der Waals surface area contributed by atoms with E-state index in [1.165, 1.54) is 32.2 Å². The Bertz CT molecular complexity index is 1500. The number of amides is 1. The van der Waals surface area contributed by atoms with Crippen LogP contribution in [0.4, 0.5) is 15.8 Å². The van der Waals surface area contributed by atoms with Crippen LogP contribution in [0.15, 0.2) is 65.2 Å². The van der Waals surface area contributed by atoms with E-state index in [2.05, 4.69) is 15.3 Å². The number of hydrogen-bond donors (Lipinski definition) is 2. The SMILES string of the molecule is COc1ccccc1[NH+]=c1oc2c(C)ncc(COC(C)=O)c2cc1C(=O)Nc1cccc(F)c1. The van der Waals surface area contributed by atoms with Crippen molar-refractivity contribution in [3.8, 4) is 5.75 Å². The molecule has 35 heavy (non-hydrogen) atoms. The van der Waals surface area contributed by atoms with Gasteiger partial charge < -0.3 is 19.2 Å². The molecule has 0 aliphatic heterocycles. The minimum Gasteiger partial charge on any atom is -0.490 e. The predicted octanol–water partition coefficient (Wildman–Crippen LogP) is 2.91. The van der Waals surface area contributed by atoms with E-state index in [4.69, 9.17) is 13.9 Å². The van der Waals surface area contributed by atoms with Crippen molar-refractivity contribution in [2.45, 2.75) is 20.5 Å². The lowest BCUT2D eigenvalue weighted by Crippen LogP contribution is -2.71. The number of halogens is 1. The van der Waals surface area contributed by atoms with Crippen molar-refractivity contribution < 1.29 is 32.9 Å². The predicted molar refractivity (Wildman–Crippen MR) is 125 cm³/mol. The molecule has 178 valence electrons. The van der Waals surface area contributed by atoms with Crippen LogP contribution >= 0.6 is 0 Å². The Morgan fingerprint density at radius 3 is 2.69 bits per heavy atom. The highest BCUT2D eigenvalue weighted by Crippen LogP contribution is 2.22. The van der Waals surface area contributed by atoms with E-state index in [9.17, 15) is 14.0 Å². The molecule has 0 aliphatic rings. The number of aryl methyl sites for hydroxylation is 1. The quantitative estimate of drug-likeness (QED) is 0.415. The monoisotopic (exact) mass is 476 g/mol. The maximum Gasteiger partial charge on any atom is 0.385 e. The van der Waals surface area contributed by atoms with E-state index in [0.29, 0.717) is 33.7 Å². The van der Waals surface area contributed by atoms with Crippen molar-refractivity contribution in [2.24, 2.45) is 0 Å². The topological polar surface area (TPSA) is 105 Å². The largest absolute Gasteiger partial charge is 0.490 e. The number of hydrogen-bond acceptors (Lipinski definition) is 6. The summed E-state index contributed by atoms with van der Waals surface area (Å²) in [6.07, 6.45) is 1.57. The fourth-order valence-corrected chi connectivity index (χ4v) is 3.49. The third-order valence-electron chi connectivity index (χ3n) is 5.18. The number of benzene rings is 2. The van der Waals surface area contributed by atoms with Gasteiger partial charge in [0.15, 0.2) is 16.9 Å². The third kappa shape index (κ3) is 5.35. The van der Waals surface area contributed by atoms with E-state index in [-0.39, 0.29) is 23.4 Å². The Balaban J connectivity index is 1.93. The van der Waals surface area contributed by atoms with Crippen LogP contribution in [0.2, 0.25) is 0 Å². The fraction of sp³-hybridized carbons (Fsp3) is 0.154. The van der Waals surface area contributed by atoms with Crippen molar-refractivity contribution in [1.29, 1.82) is 0 Å².